The lowest BCUT2D eigenvalue weighted by molar-refractivity contribution is 0.0123. The van der Waals surface area contributed by atoms with E-state index in [0.717, 1.165) is 42.4 Å². The fourth-order valence-electron chi connectivity index (χ4n) is 7.11. The van der Waals surface area contributed by atoms with Crippen LogP contribution in [-0.4, -0.2) is 90.0 Å². The van der Waals surface area contributed by atoms with Crippen LogP contribution < -0.4 is 9.80 Å². The molecule has 4 heterocycles. The minimum atomic E-state index is -0.571. The molecule has 1 N–H and O–H groups in total. The number of nitrogens with zero attached hydrogens (tertiary/aromatic N) is 5. The number of anilines is 2. The van der Waals surface area contributed by atoms with Gasteiger partial charge in [-0.1, -0.05) is 35.9 Å². The summed E-state index contributed by atoms with van der Waals surface area (Å²) in [6.45, 7) is 8.45. The van der Waals surface area contributed by atoms with Gasteiger partial charge in [0, 0.05) is 49.2 Å². The summed E-state index contributed by atoms with van der Waals surface area (Å²) < 4.78 is 22.7. The molecule has 0 saturated carbocycles. The second kappa shape index (κ2) is 10.9. The van der Waals surface area contributed by atoms with Gasteiger partial charge in [-0.05, 0) is 82.2 Å². The van der Waals surface area contributed by atoms with E-state index in [2.05, 4.69) is 34.9 Å². The summed E-state index contributed by atoms with van der Waals surface area (Å²) in [5, 5.41) is 13.0. The molecule has 3 saturated heterocycles. The van der Waals surface area contributed by atoms with Crippen molar-refractivity contribution < 1.29 is 19.0 Å². The molecule has 10 heteroatoms. The summed E-state index contributed by atoms with van der Waals surface area (Å²) in [4.78, 5) is 26.6. The lowest BCUT2D eigenvalue weighted by Crippen LogP contribution is -2.58. The number of ether oxygens (including phenoxy) is 1. The molecule has 4 aromatic rings. The predicted octanol–water partition coefficient (Wildman–Crippen LogP) is 6.89. The van der Waals surface area contributed by atoms with Gasteiger partial charge in [0.05, 0.1) is 22.8 Å². The Morgan fingerprint density at radius 3 is 2.36 bits per heavy atom. The zero-order valence-corrected chi connectivity index (χ0v) is 27.1. The van der Waals surface area contributed by atoms with Crippen LogP contribution in [0.5, 0.6) is 5.75 Å². The van der Waals surface area contributed by atoms with Crippen LogP contribution in [0.25, 0.3) is 32.8 Å². The Balaban J connectivity index is 1.34. The summed E-state index contributed by atoms with van der Waals surface area (Å²) in [5.74, 6) is 0.233. The van der Waals surface area contributed by atoms with E-state index in [1.807, 2.05) is 49.9 Å². The zero-order valence-electron chi connectivity index (χ0n) is 26.3. The number of hydrogen-bond acceptors (Lipinski definition) is 7. The third kappa shape index (κ3) is 5.29. The van der Waals surface area contributed by atoms with E-state index >= 15 is 4.39 Å². The molecular weight excluding hydrogens is 593 g/mol. The number of piperazine rings is 1. The zero-order chi connectivity index (χ0) is 31.8. The minimum absolute atomic E-state index is 0.00866. The van der Waals surface area contributed by atoms with Gasteiger partial charge in [-0.25, -0.2) is 14.2 Å². The second-order valence-corrected chi connectivity index (χ2v) is 14.3. The first kappa shape index (κ1) is 29.9. The van der Waals surface area contributed by atoms with Crippen molar-refractivity contribution in [2.75, 3.05) is 50.1 Å². The molecule has 8 nitrogen and oxygen atoms in total. The van der Waals surface area contributed by atoms with Gasteiger partial charge in [-0.2, -0.15) is 0 Å². The van der Waals surface area contributed by atoms with Crippen LogP contribution >= 0.6 is 11.6 Å². The number of phenolic OH excluding ortho intramolecular Hbond substituents is 1. The Bertz CT molecular complexity index is 1810. The molecule has 3 aromatic carbocycles. The van der Waals surface area contributed by atoms with E-state index in [0.29, 0.717) is 35.9 Å². The fraction of sp³-hybridized carbons (Fsp3) is 0.429. The number of aromatic hydroxyl groups is 1. The van der Waals surface area contributed by atoms with Crippen LogP contribution in [-0.2, 0) is 4.74 Å². The number of carbonyl (C=O) groups is 1. The van der Waals surface area contributed by atoms with Crippen molar-refractivity contribution in [2.45, 2.75) is 57.3 Å². The molecular formula is C35H39ClFN5O3. The Morgan fingerprint density at radius 1 is 1.00 bits per heavy atom. The first-order valence-corrected chi connectivity index (χ1v) is 16.0. The van der Waals surface area contributed by atoms with Crippen LogP contribution in [0.2, 0.25) is 5.02 Å². The van der Waals surface area contributed by atoms with Crippen molar-refractivity contribution in [2.24, 2.45) is 0 Å². The third-order valence-corrected chi connectivity index (χ3v) is 9.72. The van der Waals surface area contributed by atoms with Crippen molar-refractivity contribution in [1.82, 2.24) is 14.8 Å². The number of fused-ring (bicyclic) bond motifs is 4. The molecule has 0 aliphatic carbocycles. The van der Waals surface area contributed by atoms with E-state index in [4.69, 9.17) is 21.3 Å². The van der Waals surface area contributed by atoms with Gasteiger partial charge in [0.15, 0.2) is 5.82 Å². The molecule has 2 bridgehead atoms. The standard InChI is InChI=1S/C35H39ClFN5O3/c1-35(2,3)45-34(44)42-21-10-11-22(42)17-40(16-21)29-15-30(41-18-23(19-41)39(4)5)38-33-27(29)14-28(36)31(32(33)37)26-13-24(43)12-20-8-6-7-9-25(20)26/h6-9,12-15,21-23,43H,10-11,16-19H2,1-5H3/t21-,22+. The van der Waals surface area contributed by atoms with Gasteiger partial charge in [0.25, 0.3) is 0 Å². The van der Waals surface area contributed by atoms with E-state index in [-0.39, 0.29) is 40.0 Å². The molecule has 0 unspecified atom stereocenters. The van der Waals surface area contributed by atoms with E-state index in [9.17, 15) is 9.90 Å². The lowest BCUT2D eigenvalue weighted by Gasteiger charge is -2.45. The number of hydrogen-bond donors (Lipinski definition) is 1. The number of benzene rings is 3. The number of carbonyl (C=O) groups excluding carboxylic acids is 1. The number of pyridine rings is 1. The lowest BCUT2D eigenvalue weighted by atomic mass is 9.95. The molecule has 3 aliphatic rings. The first-order chi connectivity index (χ1) is 21.4. The van der Waals surface area contributed by atoms with Crippen molar-refractivity contribution in [1.29, 1.82) is 0 Å². The topological polar surface area (TPSA) is 72.4 Å². The van der Waals surface area contributed by atoms with Crippen LogP contribution in [0.3, 0.4) is 0 Å². The summed E-state index contributed by atoms with van der Waals surface area (Å²) in [7, 11) is 4.13. The van der Waals surface area contributed by atoms with Crippen LogP contribution in [0.15, 0.2) is 48.5 Å². The quantitative estimate of drug-likeness (QED) is 0.263. The molecule has 7 rings (SSSR count). The Morgan fingerprint density at radius 2 is 1.69 bits per heavy atom. The van der Waals surface area contributed by atoms with Crippen LogP contribution in [0.1, 0.15) is 33.6 Å². The largest absolute Gasteiger partial charge is 0.508 e. The number of halogens is 2. The Kier molecular flexibility index (Phi) is 7.24. The first-order valence-electron chi connectivity index (χ1n) is 15.6. The maximum Gasteiger partial charge on any atom is 0.410 e. The fourth-order valence-corrected chi connectivity index (χ4v) is 7.41. The van der Waals surface area contributed by atoms with Gasteiger partial charge in [0.2, 0.25) is 0 Å². The average Bonchev–Trinajstić information content (AvgIpc) is 3.20. The normalized spacial score (nSPS) is 20.4. The van der Waals surface area contributed by atoms with Crippen molar-refractivity contribution >= 4 is 50.9 Å². The summed E-state index contributed by atoms with van der Waals surface area (Å²) in [6, 6.07) is 15.0. The number of rotatable bonds is 4. The van der Waals surface area contributed by atoms with Gasteiger partial charge in [-0.15, -0.1) is 0 Å². The van der Waals surface area contributed by atoms with Gasteiger partial charge in [-0.3, -0.25) is 4.90 Å². The summed E-state index contributed by atoms with van der Waals surface area (Å²) in [5.41, 5.74) is 1.26. The van der Waals surface area contributed by atoms with Crippen molar-refractivity contribution in [3.05, 3.63) is 59.4 Å². The van der Waals surface area contributed by atoms with Crippen molar-refractivity contribution in [3.63, 3.8) is 0 Å². The Hall–Kier alpha value is -3.82. The molecule has 0 radical (unpaired) electrons. The minimum Gasteiger partial charge on any atom is -0.508 e. The number of likely N-dealkylation sites (N-methyl/N-ethyl adjacent to an activating group) is 1. The highest BCUT2D eigenvalue weighted by atomic mass is 35.5. The third-order valence-electron chi connectivity index (χ3n) is 9.42. The molecule has 3 aliphatic heterocycles. The van der Waals surface area contributed by atoms with E-state index in [1.54, 1.807) is 18.2 Å². The average molecular weight is 632 g/mol. The van der Waals surface area contributed by atoms with Crippen LogP contribution in [0.4, 0.5) is 20.7 Å². The molecule has 1 aromatic heterocycles. The van der Waals surface area contributed by atoms with Gasteiger partial charge >= 0.3 is 6.09 Å². The smallest absolute Gasteiger partial charge is 0.410 e. The highest BCUT2D eigenvalue weighted by Crippen LogP contribution is 2.45. The number of aromatic nitrogens is 1. The number of amides is 1. The van der Waals surface area contributed by atoms with E-state index in [1.165, 1.54) is 0 Å². The Labute approximate surface area is 267 Å². The molecule has 2 atom stereocenters. The predicted molar refractivity (Wildman–Crippen MR) is 178 cm³/mol. The highest BCUT2D eigenvalue weighted by Gasteiger charge is 2.45. The SMILES string of the molecule is CN(C)C1CN(c2cc(N3C[C@H]4CC[C@@H](C3)N4C(=O)OC(C)(C)C)c3cc(Cl)c(-c4cc(O)cc5ccccc45)c(F)c3n2)C1. The molecule has 45 heavy (non-hydrogen) atoms. The summed E-state index contributed by atoms with van der Waals surface area (Å²) >= 11 is 6.94. The number of phenols is 1. The maximum atomic E-state index is 16.9. The maximum absolute atomic E-state index is 16.9. The van der Waals surface area contributed by atoms with Crippen molar-refractivity contribution in [3.8, 4) is 16.9 Å². The van der Waals surface area contributed by atoms with Gasteiger partial charge in [0.1, 0.15) is 22.7 Å². The molecule has 0 spiro atoms. The molecule has 3 fully saturated rings. The molecule has 236 valence electrons. The summed E-state index contributed by atoms with van der Waals surface area (Å²) in [6.07, 6.45) is 1.50. The molecule has 1 amide bonds. The van der Waals surface area contributed by atoms with Crippen LogP contribution in [0, 0.1) is 5.82 Å². The van der Waals surface area contributed by atoms with E-state index < -0.39 is 11.4 Å². The van der Waals surface area contributed by atoms with Gasteiger partial charge < -0.3 is 24.5 Å². The monoisotopic (exact) mass is 631 g/mol. The second-order valence-electron chi connectivity index (χ2n) is 13.9. The highest BCUT2D eigenvalue weighted by molar-refractivity contribution is 6.35.